The zero-order chi connectivity index (χ0) is 9.94. The van der Waals surface area contributed by atoms with Crippen molar-refractivity contribution < 1.29 is 4.74 Å². The Kier molecular flexibility index (Phi) is 9.49. The summed E-state index contributed by atoms with van der Waals surface area (Å²) in [5.74, 6) is 0. The lowest BCUT2D eigenvalue weighted by Gasteiger charge is -2.03. The quantitative estimate of drug-likeness (QED) is 0.440. The van der Waals surface area contributed by atoms with Crippen molar-refractivity contribution >= 4 is 0 Å². The van der Waals surface area contributed by atoms with Crippen LogP contribution < -0.4 is 5.32 Å². The first kappa shape index (κ1) is 12.7. The van der Waals surface area contributed by atoms with Crippen molar-refractivity contribution in [3.8, 4) is 0 Å². The van der Waals surface area contributed by atoms with Gasteiger partial charge in [0, 0.05) is 20.3 Å². The largest absolute Gasteiger partial charge is 0.385 e. The van der Waals surface area contributed by atoms with Gasteiger partial charge in [-0.3, -0.25) is 0 Å². The molecule has 0 fully saturated rings. The average molecular weight is 185 g/mol. The van der Waals surface area contributed by atoms with Crippen LogP contribution in [0.2, 0.25) is 0 Å². The minimum atomic E-state index is 0.902. The maximum absolute atomic E-state index is 4.97. The van der Waals surface area contributed by atoms with Crippen molar-refractivity contribution in [1.29, 1.82) is 0 Å². The number of unbranched alkanes of at least 4 members (excludes halogenated alkanes) is 3. The highest BCUT2D eigenvalue weighted by atomic mass is 16.5. The van der Waals surface area contributed by atoms with E-state index < -0.39 is 0 Å². The highest BCUT2D eigenvalue weighted by Gasteiger charge is 1.90. The first-order valence-electron chi connectivity index (χ1n) is 5.11. The SMILES string of the molecule is C=C(C)CNCCCCCCOC. The Bertz CT molecular complexity index is 123. The van der Waals surface area contributed by atoms with E-state index in [0.717, 1.165) is 19.7 Å². The van der Waals surface area contributed by atoms with E-state index in [1.165, 1.54) is 31.3 Å². The van der Waals surface area contributed by atoms with Crippen LogP contribution in [0.1, 0.15) is 32.6 Å². The molecule has 0 aliphatic rings. The Morgan fingerprint density at radius 2 is 1.92 bits per heavy atom. The smallest absolute Gasteiger partial charge is 0.0462 e. The topological polar surface area (TPSA) is 21.3 Å². The summed E-state index contributed by atoms with van der Waals surface area (Å²) in [6.07, 6.45) is 5.03. The molecule has 0 aromatic carbocycles. The number of ether oxygens (including phenoxy) is 1. The summed E-state index contributed by atoms with van der Waals surface area (Å²) in [7, 11) is 1.76. The Hall–Kier alpha value is -0.340. The molecule has 78 valence electrons. The number of methoxy groups -OCH3 is 1. The van der Waals surface area contributed by atoms with Gasteiger partial charge in [-0.15, -0.1) is 0 Å². The highest BCUT2D eigenvalue weighted by molar-refractivity contribution is 4.90. The minimum absolute atomic E-state index is 0.902. The van der Waals surface area contributed by atoms with E-state index in [1.54, 1.807) is 7.11 Å². The van der Waals surface area contributed by atoms with Gasteiger partial charge < -0.3 is 10.1 Å². The zero-order valence-corrected chi connectivity index (χ0v) is 9.07. The second-order valence-corrected chi connectivity index (χ2v) is 3.54. The maximum atomic E-state index is 4.97. The van der Waals surface area contributed by atoms with Crippen LogP contribution >= 0.6 is 0 Å². The van der Waals surface area contributed by atoms with Gasteiger partial charge in [0.05, 0.1) is 0 Å². The van der Waals surface area contributed by atoms with Gasteiger partial charge >= 0.3 is 0 Å². The van der Waals surface area contributed by atoms with E-state index >= 15 is 0 Å². The third-order valence-corrected chi connectivity index (χ3v) is 1.88. The van der Waals surface area contributed by atoms with Gasteiger partial charge in [0.25, 0.3) is 0 Å². The summed E-state index contributed by atoms with van der Waals surface area (Å²) in [6.45, 7) is 8.85. The number of nitrogens with one attached hydrogen (secondary N) is 1. The van der Waals surface area contributed by atoms with Crippen molar-refractivity contribution in [2.24, 2.45) is 0 Å². The molecule has 0 unspecified atom stereocenters. The fourth-order valence-electron chi connectivity index (χ4n) is 1.15. The molecule has 0 aliphatic carbocycles. The van der Waals surface area contributed by atoms with Crippen LogP contribution in [-0.4, -0.2) is 26.8 Å². The van der Waals surface area contributed by atoms with Crippen LogP contribution in [0.3, 0.4) is 0 Å². The van der Waals surface area contributed by atoms with Gasteiger partial charge in [0.2, 0.25) is 0 Å². The molecule has 0 spiro atoms. The minimum Gasteiger partial charge on any atom is -0.385 e. The van der Waals surface area contributed by atoms with Crippen LogP contribution in [0, 0.1) is 0 Å². The lowest BCUT2D eigenvalue weighted by molar-refractivity contribution is 0.192. The van der Waals surface area contributed by atoms with Gasteiger partial charge in [-0.1, -0.05) is 25.0 Å². The molecule has 0 heterocycles. The van der Waals surface area contributed by atoms with Crippen LogP contribution in [0.15, 0.2) is 12.2 Å². The average Bonchev–Trinajstić information content (AvgIpc) is 2.09. The first-order chi connectivity index (χ1) is 6.27. The molecule has 0 radical (unpaired) electrons. The predicted octanol–water partition coefficient (Wildman–Crippen LogP) is 2.36. The maximum Gasteiger partial charge on any atom is 0.0462 e. The number of hydrogen-bond acceptors (Lipinski definition) is 2. The van der Waals surface area contributed by atoms with E-state index in [9.17, 15) is 0 Å². The third-order valence-electron chi connectivity index (χ3n) is 1.88. The van der Waals surface area contributed by atoms with Crippen molar-refractivity contribution in [3.63, 3.8) is 0 Å². The van der Waals surface area contributed by atoms with Crippen molar-refractivity contribution in [1.82, 2.24) is 5.32 Å². The Morgan fingerprint density at radius 3 is 2.54 bits per heavy atom. The van der Waals surface area contributed by atoms with E-state index in [0.29, 0.717) is 0 Å². The fourth-order valence-corrected chi connectivity index (χ4v) is 1.15. The second-order valence-electron chi connectivity index (χ2n) is 3.54. The number of hydrogen-bond donors (Lipinski definition) is 1. The second kappa shape index (κ2) is 9.75. The van der Waals surface area contributed by atoms with Gasteiger partial charge in [-0.05, 0) is 26.3 Å². The third kappa shape index (κ3) is 11.7. The normalized spacial score (nSPS) is 10.3. The molecule has 2 nitrogen and oxygen atoms in total. The van der Waals surface area contributed by atoms with Crippen LogP contribution in [0.4, 0.5) is 0 Å². The molecule has 0 rings (SSSR count). The molecular weight excluding hydrogens is 162 g/mol. The van der Waals surface area contributed by atoms with Crippen molar-refractivity contribution in [2.45, 2.75) is 32.6 Å². The molecule has 0 aromatic rings. The van der Waals surface area contributed by atoms with Crippen LogP contribution in [0.5, 0.6) is 0 Å². The molecule has 1 N–H and O–H groups in total. The predicted molar refractivity (Wildman–Crippen MR) is 58.0 cm³/mol. The molecule has 0 atom stereocenters. The highest BCUT2D eigenvalue weighted by Crippen LogP contribution is 1.98. The van der Waals surface area contributed by atoms with Gasteiger partial charge in [0.15, 0.2) is 0 Å². The Morgan fingerprint density at radius 1 is 1.23 bits per heavy atom. The summed E-state index contributed by atoms with van der Waals surface area (Å²) in [5, 5.41) is 3.34. The first-order valence-corrected chi connectivity index (χ1v) is 5.11. The van der Waals surface area contributed by atoms with E-state index in [2.05, 4.69) is 11.9 Å². The Labute approximate surface area is 82.4 Å². The molecule has 0 saturated heterocycles. The molecule has 13 heavy (non-hydrogen) atoms. The monoisotopic (exact) mass is 185 g/mol. The summed E-state index contributed by atoms with van der Waals surface area (Å²) in [5.41, 5.74) is 1.21. The van der Waals surface area contributed by atoms with Crippen LogP contribution in [0.25, 0.3) is 0 Å². The van der Waals surface area contributed by atoms with Gasteiger partial charge in [-0.2, -0.15) is 0 Å². The molecule has 0 bridgehead atoms. The Balaban J connectivity index is 2.87. The van der Waals surface area contributed by atoms with E-state index in [-0.39, 0.29) is 0 Å². The molecular formula is C11H23NO. The molecule has 0 amide bonds. The van der Waals surface area contributed by atoms with Crippen molar-refractivity contribution in [3.05, 3.63) is 12.2 Å². The standard InChI is InChI=1S/C11H23NO/c1-11(2)10-12-8-6-4-5-7-9-13-3/h12H,1,4-10H2,2-3H3. The van der Waals surface area contributed by atoms with Gasteiger partial charge in [0.1, 0.15) is 0 Å². The lowest BCUT2D eigenvalue weighted by Crippen LogP contribution is -2.16. The molecule has 0 aliphatic heterocycles. The van der Waals surface area contributed by atoms with E-state index in [1.807, 2.05) is 6.92 Å². The number of rotatable bonds is 9. The molecule has 2 heteroatoms. The summed E-state index contributed by atoms with van der Waals surface area (Å²) >= 11 is 0. The van der Waals surface area contributed by atoms with Gasteiger partial charge in [-0.25, -0.2) is 0 Å². The zero-order valence-electron chi connectivity index (χ0n) is 9.07. The van der Waals surface area contributed by atoms with E-state index in [4.69, 9.17) is 4.74 Å². The molecule has 0 aromatic heterocycles. The van der Waals surface area contributed by atoms with Crippen molar-refractivity contribution in [2.75, 3.05) is 26.8 Å². The summed E-state index contributed by atoms with van der Waals surface area (Å²) in [4.78, 5) is 0. The lowest BCUT2D eigenvalue weighted by atomic mass is 10.2. The van der Waals surface area contributed by atoms with Crippen LogP contribution in [-0.2, 0) is 4.74 Å². The summed E-state index contributed by atoms with van der Waals surface area (Å²) in [6, 6.07) is 0. The fraction of sp³-hybridized carbons (Fsp3) is 0.818. The molecule has 0 saturated carbocycles. The summed E-state index contributed by atoms with van der Waals surface area (Å²) < 4.78 is 4.97.